The Morgan fingerprint density at radius 2 is 1.95 bits per heavy atom. The van der Waals surface area contributed by atoms with Crippen LogP contribution in [-0.2, 0) is 6.54 Å². The zero-order valence-electron chi connectivity index (χ0n) is 11.5. The van der Waals surface area contributed by atoms with Crippen molar-refractivity contribution < 1.29 is 9.66 Å². The molecule has 0 aliphatic rings. The van der Waals surface area contributed by atoms with E-state index in [0.717, 1.165) is 12.1 Å². The van der Waals surface area contributed by atoms with Gasteiger partial charge >= 0.3 is 0 Å². The number of hydrogen-bond donors (Lipinski definition) is 1. The van der Waals surface area contributed by atoms with E-state index in [1.54, 1.807) is 24.3 Å². The summed E-state index contributed by atoms with van der Waals surface area (Å²) in [5.74, 6) is 1.16. The van der Waals surface area contributed by atoms with Gasteiger partial charge in [0.2, 0.25) is 0 Å². The lowest BCUT2D eigenvalue weighted by atomic mass is 10.2. The molecule has 0 spiro atoms. The Labute approximate surface area is 127 Å². The summed E-state index contributed by atoms with van der Waals surface area (Å²) < 4.78 is 5.78. The fourth-order valence-electron chi connectivity index (χ4n) is 1.79. The van der Waals surface area contributed by atoms with E-state index in [1.807, 2.05) is 13.0 Å². The fraction of sp³-hybridized carbons (Fsp3) is 0.200. The number of hydrogen-bond acceptors (Lipinski definition) is 4. The van der Waals surface area contributed by atoms with E-state index in [4.69, 9.17) is 16.3 Å². The zero-order valence-corrected chi connectivity index (χ0v) is 12.3. The molecule has 0 aliphatic heterocycles. The Morgan fingerprint density at radius 3 is 2.57 bits per heavy atom. The number of benzene rings is 2. The summed E-state index contributed by atoms with van der Waals surface area (Å²) in [4.78, 5) is 10.2. The summed E-state index contributed by atoms with van der Waals surface area (Å²) in [5, 5.41) is 14.4. The van der Waals surface area contributed by atoms with E-state index in [-0.39, 0.29) is 5.69 Å². The molecule has 2 aromatic carbocycles. The first-order valence-corrected chi connectivity index (χ1v) is 6.89. The number of nitro groups is 1. The molecule has 0 fully saturated rings. The van der Waals surface area contributed by atoms with Crippen molar-refractivity contribution in [3.63, 3.8) is 0 Å². The van der Waals surface area contributed by atoms with Crippen LogP contribution in [0.3, 0.4) is 0 Å². The predicted octanol–water partition coefficient (Wildman–Crippen LogP) is 4.15. The van der Waals surface area contributed by atoms with Crippen molar-refractivity contribution >= 4 is 17.3 Å². The van der Waals surface area contributed by atoms with Gasteiger partial charge in [0.1, 0.15) is 11.5 Å². The highest BCUT2D eigenvalue weighted by atomic mass is 35.5. The second-order valence-corrected chi connectivity index (χ2v) is 4.82. The van der Waals surface area contributed by atoms with Crippen LogP contribution < -0.4 is 10.1 Å². The average Bonchev–Trinajstić information content (AvgIpc) is 2.47. The Kier molecular flexibility index (Phi) is 5.14. The van der Waals surface area contributed by atoms with E-state index < -0.39 is 4.92 Å². The predicted molar refractivity (Wildman–Crippen MR) is 82.0 cm³/mol. The molecule has 0 saturated heterocycles. The van der Waals surface area contributed by atoms with Gasteiger partial charge in [-0.25, -0.2) is 0 Å². The van der Waals surface area contributed by atoms with Gasteiger partial charge < -0.3 is 10.1 Å². The molecule has 0 unspecified atom stereocenters. The van der Waals surface area contributed by atoms with Gasteiger partial charge in [0.05, 0.1) is 4.92 Å². The Hall–Kier alpha value is -2.11. The van der Waals surface area contributed by atoms with Gasteiger partial charge in [0, 0.05) is 29.3 Å². The highest BCUT2D eigenvalue weighted by Crippen LogP contribution is 2.29. The molecule has 2 aromatic rings. The molecule has 110 valence electrons. The first-order valence-electron chi connectivity index (χ1n) is 6.51. The summed E-state index contributed by atoms with van der Waals surface area (Å²) in [6.07, 6.45) is 0. The Balaban J connectivity index is 2.21. The van der Waals surface area contributed by atoms with Crippen LogP contribution in [-0.4, -0.2) is 11.5 Å². The number of halogens is 1. The molecule has 0 aromatic heterocycles. The lowest BCUT2D eigenvalue weighted by Crippen LogP contribution is -2.12. The third-order valence-electron chi connectivity index (χ3n) is 2.87. The summed E-state index contributed by atoms with van der Waals surface area (Å²) in [5.41, 5.74) is 1.00. The largest absolute Gasteiger partial charge is 0.457 e. The minimum atomic E-state index is -0.445. The van der Waals surface area contributed by atoms with Gasteiger partial charge in [0.25, 0.3) is 5.69 Å². The molecule has 1 N–H and O–H groups in total. The van der Waals surface area contributed by atoms with E-state index in [2.05, 4.69) is 5.32 Å². The lowest BCUT2D eigenvalue weighted by molar-refractivity contribution is -0.384. The van der Waals surface area contributed by atoms with Crippen LogP contribution in [0.2, 0.25) is 5.02 Å². The molecular weight excluding hydrogens is 292 g/mol. The molecule has 2 rings (SSSR count). The van der Waals surface area contributed by atoms with Gasteiger partial charge in [-0.15, -0.1) is 0 Å². The maximum Gasteiger partial charge on any atom is 0.269 e. The normalized spacial score (nSPS) is 10.4. The van der Waals surface area contributed by atoms with Crippen LogP contribution >= 0.6 is 11.6 Å². The Morgan fingerprint density at radius 1 is 1.24 bits per heavy atom. The molecule has 0 aliphatic carbocycles. The molecule has 5 nitrogen and oxygen atoms in total. The van der Waals surface area contributed by atoms with Gasteiger partial charge in [-0.3, -0.25) is 10.1 Å². The monoisotopic (exact) mass is 306 g/mol. The molecule has 0 atom stereocenters. The van der Waals surface area contributed by atoms with E-state index in [9.17, 15) is 10.1 Å². The van der Waals surface area contributed by atoms with Crippen LogP contribution in [0.15, 0.2) is 42.5 Å². The number of nitrogens with one attached hydrogen (secondary N) is 1. The SMILES string of the molecule is CCNCc1ccc(Cl)cc1Oc1ccc([N+](=O)[O-])cc1. The van der Waals surface area contributed by atoms with Crippen molar-refractivity contribution in [1.29, 1.82) is 0 Å². The second kappa shape index (κ2) is 7.06. The van der Waals surface area contributed by atoms with Crippen LogP contribution in [0.25, 0.3) is 0 Å². The molecule has 0 heterocycles. The molecule has 0 saturated carbocycles. The third kappa shape index (κ3) is 4.18. The quantitative estimate of drug-likeness (QED) is 0.643. The van der Waals surface area contributed by atoms with Crippen molar-refractivity contribution in [3.05, 3.63) is 63.2 Å². The second-order valence-electron chi connectivity index (χ2n) is 4.39. The zero-order chi connectivity index (χ0) is 15.2. The van der Waals surface area contributed by atoms with Gasteiger partial charge in [-0.05, 0) is 30.8 Å². The topological polar surface area (TPSA) is 64.4 Å². The smallest absolute Gasteiger partial charge is 0.269 e. The number of nitrogens with zero attached hydrogens (tertiary/aromatic N) is 1. The summed E-state index contributed by atoms with van der Waals surface area (Å²) in [6, 6.07) is 11.4. The molecule has 0 bridgehead atoms. The summed E-state index contributed by atoms with van der Waals surface area (Å²) in [7, 11) is 0. The van der Waals surface area contributed by atoms with Crippen molar-refractivity contribution in [2.45, 2.75) is 13.5 Å². The molecular formula is C15H15ClN2O3. The number of non-ortho nitro benzene ring substituents is 1. The summed E-state index contributed by atoms with van der Waals surface area (Å²) in [6.45, 7) is 3.53. The minimum Gasteiger partial charge on any atom is -0.457 e. The number of rotatable bonds is 6. The lowest BCUT2D eigenvalue weighted by Gasteiger charge is -2.12. The summed E-state index contributed by atoms with van der Waals surface area (Å²) >= 11 is 5.99. The maximum atomic E-state index is 10.6. The first kappa shape index (κ1) is 15.3. The van der Waals surface area contributed by atoms with Crippen molar-refractivity contribution in [2.24, 2.45) is 0 Å². The average molecular weight is 307 g/mol. The number of nitro benzene ring substituents is 1. The molecule has 0 radical (unpaired) electrons. The minimum absolute atomic E-state index is 0.0290. The van der Waals surface area contributed by atoms with E-state index >= 15 is 0 Å². The third-order valence-corrected chi connectivity index (χ3v) is 3.11. The van der Waals surface area contributed by atoms with E-state index in [1.165, 1.54) is 12.1 Å². The fourth-order valence-corrected chi connectivity index (χ4v) is 1.95. The van der Waals surface area contributed by atoms with Crippen LogP contribution in [0.1, 0.15) is 12.5 Å². The Bertz CT molecular complexity index is 629. The highest BCUT2D eigenvalue weighted by molar-refractivity contribution is 6.30. The van der Waals surface area contributed by atoms with Crippen LogP contribution in [0.5, 0.6) is 11.5 Å². The first-order chi connectivity index (χ1) is 10.1. The maximum absolute atomic E-state index is 10.6. The standard InChI is InChI=1S/C15H15ClN2O3/c1-2-17-10-11-3-4-12(16)9-15(11)21-14-7-5-13(6-8-14)18(19)20/h3-9,17H,2,10H2,1H3. The van der Waals surface area contributed by atoms with Crippen molar-refractivity contribution in [1.82, 2.24) is 5.32 Å². The van der Waals surface area contributed by atoms with Crippen LogP contribution in [0.4, 0.5) is 5.69 Å². The van der Waals surface area contributed by atoms with Gasteiger partial charge in [0.15, 0.2) is 0 Å². The molecule has 21 heavy (non-hydrogen) atoms. The van der Waals surface area contributed by atoms with Crippen LogP contribution in [0, 0.1) is 10.1 Å². The highest BCUT2D eigenvalue weighted by Gasteiger charge is 2.08. The molecule has 6 heteroatoms. The van der Waals surface area contributed by atoms with Crippen molar-refractivity contribution in [3.8, 4) is 11.5 Å². The van der Waals surface area contributed by atoms with Crippen molar-refractivity contribution in [2.75, 3.05) is 6.54 Å². The number of ether oxygens (including phenoxy) is 1. The van der Waals surface area contributed by atoms with E-state index in [0.29, 0.717) is 23.1 Å². The van der Waals surface area contributed by atoms with Gasteiger partial charge in [-0.1, -0.05) is 24.6 Å². The van der Waals surface area contributed by atoms with Gasteiger partial charge in [-0.2, -0.15) is 0 Å². The molecule has 0 amide bonds.